The van der Waals surface area contributed by atoms with Crippen LogP contribution in [0.2, 0.25) is 0 Å². The molecule has 1 fully saturated rings. The number of carbonyl (C=O) groups excluding carboxylic acids is 1. The molecule has 0 saturated carbocycles. The first-order valence-corrected chi connectivity index (χ1v) is 17.5. The van der Waals surface area contributed by atoms with Gasteiger partial charge in [-0.2, -0.15) is 4.31 Å². The van der Waals surface area contributed by atoms with Crippen molar-refractivity contribution >= 4 is 27.0 Å². The van der Waals surface area contributed by atoms with E-state index in [9.17, 15) is 13.2 Å². The molecule has 1 unspecified atom stereocenters. The molecular weight excluding hydrogens is 604 g/mol. The summed E-state index contributed by atoms with van der Waals surface area (Å²) in [7, 11) is -3.88. The third kappa shape index (κ3) is 6.38. The standard InChI is InChI=1S/C34H42N6O5S/c1-5-27-20-39(46(42,43)31-10-7-15-35-34(31)45-27)19-25-17-24(12-11-22(25)3)29(18-32(41)36-26-9-8-16-44-21-26)28-13-14-30-33(23(28)4)37-38-40(30)6-2/h7,10-15,17,26-27,29H,5-6,8-9,16,18-21H2,1-4H3,(H,36,41)/t26?,27-,29+/m1/s1. The molecule has 2 aromatic carbocycles. The van der Waals surface area contributed by atoms with E-state index in [2.05, 4.69) is 32.7 Å². The number of aromatic nitrogens is 4. The summed E-state index contributed by atoms with van der Waals surface area (Å²) < 4.78 is 42.8. The number of nitrogens with zero attached hydrogens (tertiary/aromatic N) is 5. The van der Waals surface area contributed by atoms with Gasteiger partial charge in [-0.15, -0.1) is 5.10 Å². The van der Waals surface area contributed by atoms with Gasteiger partial charge in [-0.3, -0.25) is 4.79 Å². The van der Waals surface area contributed by atoms with Gasteiger partial charge < -0.3 is 14.8 Å². The van der Waals surface area contributed by atoms with Crippen molar-refractivity contribution in [1.29, 1.82) is 0 Å². The molecule has 1 N–H and O–H groups in total. The Morgan fingerprint density at radius 3 is 2.76 bits per heavy atom. The van der Waals surface area contributed by atoms with Gasteiger partial charge in [-0.05, 0) is 86.1 Å². The molecule has 0 spiro atoms. The lowest BCUT2D eigenvalue weighted by molar-refractivity contribution is -0.122. The van der Waals surface area contributed by atoms with E-state index in [1.807, 2.05) is 50.6 Å². The van der Waals surface area contributed by atoms with Crippen LogP contribution in [0.1, 0.15) is 73.3 Å². The van der Waals surface area contributed by atoms with Crippen LogP contribution in [-0.4, -0.2) is 70.5 Å². The third-order valence-corrected chi connectivity index (χ3v) is 11.0. The molecule has 6 rings (SSSR count). The van der Waals surface area contributed by atoms with Gasteiger partial charge in [0.2, 0.25) is 21.8 Å². The molecule has 2 aromatic heterocycles. The van der Waals surface area contributed by atoms with Crippen molar-refractivity contribution in [3.63, 3.8) is 0 Å². The molecule has 2 aliphatic rings. The number of aryl methyl sites for hydroxylation is 3. The summed E-state index contributed by atoms with van der Waals surface area (Å²) in [6.45, 7) is 10.3. The minimum atomic E-state index is -3.88. The van der Waals surface area contributed by atoms with E-state index in [4.69, 9.17) is 9.47 Å². The molecule has 4 heterocycles. The second kappa shape index (κ2) is 13.5. The highest BCUT2D eigenvalue weighted by atomic mass is 32.2. The normalized spacial score (nSPS) is 20.4. The third-order valence-electron chi connectivity index (χ3n) is 9.19. The van der Waals surface area contributed by atoms with Gasteiger partial charge in [0.1, 0.15) is 16.5 Å². The SMILES string of the molecule is CC[C@@H]1CN(Cc2cc([C@H](CC(=O)NC3CCCOC3)c3ccc4c(nnn4CC)c3C)ccc2C)S(=O)(=O)c2cccnc2O1. The number of sulfonamides is 1. The van der Waals surface area contributed by atoms with Crippen LogP contribution in [0, 0.1) is 13.8 Å². The maximum atomic E-state index is 13.9. The number of benzene rings is 2. The predicted octanol–water partition coefficient (Wildman–Crippen LogP) is 4.64. The van der Waals surface area contributed by atoms with Crippen molar-refractivity contribution in [2.24, 2.45) is 0 Å². The number of hydrogen-bond donors (Lipinski definition) is 1. The van der Waals surface area contributed by atoms with Crippen LogP contribution in [0.4, 0.5) is 0 Å². The minimum absolute atomic E-state index is 0.0113. The summed E-state index contributed by atoms with van der Waals surface area (Å²) in [6.07, 6.45) is 3.88. The largest absolute Gasteiger partial charge is 0.472 e. The Bertz CT molecular complexity index is 1840. The first kappa shape index (κ1) is 32.1. The van der Waals surface area contributed by atoms with Gasteiger partial charge in [0.15, 0.2) is 0 Å². The number of carbonyl (C=O) groups is 1. The van der Waals surface area contributed by atoms with E-state index in [-0.39, 0.29) is 54.3 Å². The van der Waals surface area contributed by atoms with Crippen molar-refractivity contribution in [2.75, 3.05) is 19.8 Å². The molecule has 4 aromatic rings. The second-order valence-corrected chi connectivity index (χ2v) is 14.1. The Labute approximate surface area is 270 Å². The summed E-state index contributed by atoms with van der Waals surface area (Å²) >= 11 is 0. The molecule has 1 saturated heterocycles. The summed E-state index contributed by atoms with van der Waals surface area (Å²) in [5.74, 6) is -0.207. The van der Waals surface area contributed by atoms with Crippen LogP contribution in [0.15, 0.2) is 53.6 Å². The molecule has 1 amide bonds. The molecule has 0 aliphatic carbocycles. The average Bonchev–Trinajstić information content (AvgIpc) is 3.45. The fraction of sp³-hybridized carbons (Fsp3) is 0.471. The Balaban J connectivity index is 1.37. The average molecular weight is 647 g/mol. The molecule has 11 nitrogen and oxygen atoms in total. The van der Waals surface area contributed by atoms with E-state index < -0.39 is 10.0 Å². The van der Waals surface area contributed by atoms with E-state index in [1.165, 1.54) is 4.31 Å². The molecular formula is C34H42N6O5S. The maximum absolute atomic E-state index is 13.9. The fourth-order valence-corrected chi connectivity index (χ4v) is 8.00. The van der Waals surface area contributed by atoms with Crippen molar-refractivity contribution in [1.82, 2.24) is 29.6 Å². The van der Waals surface area contributed by atoms with Crippen LogP contribution in [0.3, 0.4) is 0 Å². The van der Waals surface area contributed by atoms with Crippen molar-refractivity contribution in [3.8, 4) is 5.88 Å². The quantitative estimate of drug-likeness (QED) is 0.279. The zero-order valence-electron chi connectivity index (χ0n) is 26.9. The summed E-state index contributed by atoms with van der Waals surface area (Å²) in [5.41, 5.74) is 6.48. The zero-order valence-corrected chi connectivity index (χ0v) is 27.7. The summed E-state index contributed by atoms with van der Waals surface area (Å²) in [4.78, 5) is 17.9. The van der Waals surface area contributed by atoms with Crippen LogP contribution in [0.25, 0.3) is 11.0 Å². The number of rotatable bonds is 9. The highest BCUT2D eigenvalue weighted by Gasteiger charge is 2.35. The van der Waals surface area contributed by atoms with E-state index in [0.29, 0.717) is 19.6 Å². The van der Waals surface area contributed by atoms with Gasteiger partial charge in [0, 0.05) is 38.2 Å². The predicted molar refractivity (Wildman–Crippen MR) is 174 cm³/mol. The van der Waals surface area contributed by atoms with Crippen LogP contribution in [0.5, 0.6) is 5.88 Å². The van der Waals surface area contributed by atoms with Gasteiger partial charge in [0.05, 0.1) is 24.7 Å². The Morgan fingerprint density at radius 2 is 2.00 bits per heavy atom. The van der Waals surface area contributed by atoms with E-state index in [1.54, 1.807) is 18.3 Å². The molecule has 0 bridgehead atoms. The molecule has 244 valence electrons. The topological polar surface area (TPSA) is 129 Å². The summed E-state index contributed by atoms with van der Waals surface area (Å²) in [6, 6.07) is 13.4. The smallest absolute Gasteiger partial charge is 0.248 e. The van der Waals surface area contributed by atoms with Gasteiger partial charge >= 0.3 is 0 Å². The molecule has 46 heavy (non-hydrogen) atoms. The Hall–Kier alpha value is -3.87. The lowest BCUT2D eigenvalue weighted by atomic mass is 9.84. The van der Waals surface area contributed by atoms with E-state index in [0.717, 1.165) is 58.3 Å². The first-order valence-electron chi connectivity index (χ1n) is 16.1. The Morgan fingerprint density at radius 1 is 1.15 bits per heavy atom. The van der Waals surface area contributed by atoms with Crippen LogP contribution >= 0.6 is 0 Å². The first-order chi connectivity index (χ1) is 22.2. The number of pyridine rings is 1. The second-order valence-electron chi connectivity index (χ2n) is 12.2. The zero-order chi connectivity index (χ0) is 32.4. The molecule has 3 atom stereocenters. The minimum Gasteiger partial charge on any atom is -0.472 e. The number of nitrogens with one attached hydrogen (secondary N) is 1. The lowest BCUT2D eigenvalue weighted by Crippen LogP contribution is -2.41. The van der Waals surface area contributed by atoms with Gasteiger partial charge in [-0.1, -0.05) is 36.4 Å². The maximum Gasteiger partial charge on any atom is 0.248 e. The monoisotopic (exact) mass is 646 g/mol. The van der Waals surface area contributed by atoms with Crippen molar-refractivity contribution in [2.45, 2.75) is 89.4 Å². The van der Waals surface area contributed by atoms with E-state index >= 15 is 0 Å². The highest BCUT2D eigenvalue weighted by Crippen LogP contribution is 2.36. The fourth-order valence-electron chi connectivity index (χ4n) is 6.48. The number of hydrogen-bond acceptors (Lipinski definition) is 8. The Kier molecular flexibility index (Phi) is 9.39. The van der Waals surface area contributed by atoms with Gasteiger partial charge in [0.25, 0.3) is 0 Å². The lowest BCUT2D eigenvalue weighted by Gasteiger charge is -2.26. The van der Waals surface area contributed by atoms with Crippen molar-refractivity contribution < 1.29 is 22.7 Å². The number of amides is 1. The molecule has 0 radical (unpaired) electrons. The van der Waals surface area contributed by atoms with Crippen molar-refractivity contribution in [3.05, 3.63) is 76.5 Å². The highest BCUT2D eigenvalue weighted by molar-refractivity contribution is 7.89. The molecule has 2 aliphatic heterocycles. The van der Waals surface area contributed by atoms with Gasteiger partial charge in [-0.25, -0.2) is 18.1 Å². The molecule has 12 heteroatoms. The van der Waals surface area contributed by atoms with Crippen LogP contribution in [-0.2, 0) is 32.6 Å². The number of ether oxygens (including phenoxy) is 2. The summed E-state index contributed by atoms with van der Waals surface area (Å²) in [5, 5.41) is 12.0. The van der Waals surface area contributed by atoms with Crippen LogP contribution < -0.4 is 10.1 Å². The number of fused-ring (bicyclic) bond motifs is 2.